The molecule has 1 fully saturated rings. The van der Waals surface area contributed by atoms with Crippen molar-refractivity contribution in [1.29, 1.82) is 0 Å². The molecule has 0 spiro atoms. The van der Waals surface area contributed by atoms with Gasteiger partial charge in [-0.25, -0.2) is 0 Å². The van der Waals surface area contributed by atoms with Gasteiger partial charge in [0.15, 0.2) is 5.96 Å². The van der Waals surface area contributed by atoms with E-state index in [-0.39, 0.29) is 24.0 Å². The van der Waals surface area contributed by atoms with E-state index in [2.05, 4.69) is 55.1 Å². The van der Waals surface area contributed by atoms with Crippen LogP contribution in [0.2, 0.25) is 0 Å². The van der Waals surface area contributed by atoms with Crippen molar-refractivity contribution in [3.05, 3.63) is 0 Å². The molecule has 1 unspecified atom stereocenters. The normalized spacial score (nSPS) is 18.3. The van der Waals surface area contributed by atoms with Crippen LogP contribution in [0.15, 0.2) is 4.99 Å². The Morgan fingerprint density at radius 2 is 1.71 bits per heavy atom. The Kier molecular flexibility index (Phi) is 14.1. The number of piperazine rings is 1. The summed E-state index contributed by atoms with van der Waals surface area (Å²) in [5.41, 5.74) is 0. The highest BCUT2D eigenvalue weighted by Gasteiger charge is 2.19. The van der Waals surface area contributed by atoms with Crippen LogP contribution in [0, 0.1) is 5.92 Å². The molecule has 1 heterocycles. The Hall–Kier alpha value is -0.0800. The van der Waals surface area contributed by atoms with E-state index >= 15 is 0 Å². The van der Waals surface area contributed by atoms with Crippen molar-refractivity contribution in [2.75, 3.05) is 52.4 Å². The van der Waals surface area contributed by atoms with Crippen molar-refractivity contribution >= 4 is 29.9 Å². The van der Waals surface area contributed by atoms with E-state index in [4.69, 9.17) is 4.99 Å². The zero-order chi connectivity index (χ0) is 17.1. The quantitative estimate of drug-likeness (QED) is 0.244. The van der Waals surface area contributed by atoms with E-state index in [9.17, 15) is 0 Å². The summed E-state index contributed by atoms with van der Waals surface area (Å²) in [6, 6.07) is 0.514. The first kappa shape index (κ1) is 23.9. The molecule has 1 rings (SSSR count). The Morgan fingerprint density at radius 1 is 1.04 bits per heavy atom. The highest BCUT2D eigenvalue weighted by atomic mass is 127. The fraction of sp³-hybridized carbons (Fsp3) is 0.944. The summed E-state index contributed by atoms with van der Waals surface area (Å²) in [5.74, 6) is 1.74. The lowest BCUT2D eigenvalue weighted by Crippen LogP contribution is -2.50. The van der Waals surface area contributed by atoms with Crippen molar-refractivity contribution in [1.82, 2.24) is 20.4 Å². The first-order chi connectivity index (χ1) is 11.1. The van der Waals surface area contributed by atoms with Gasteiger partial charge in [-0.1, -0.05) is 20.8 Å². The predicted molar refractivity (Wildman–Crippen MR) is 117 cm³/mol. The van der Waals surface area contributed by atoms with Crippen LogP contribution in [0.25, 0.3) is 0 Å². The number of aliphatic imine (C=N–C) groups is 1. The summed E-state index contributed by atoms with van der Waals surface area (Å²) in [6.45, 7) is 19.9. The first-order valence-corrected chi connectivity index (χ1v) is 9.55. The molecular formula is C18H40IN5. The van der Waals surface area contributed by atoms with E-state index in [1.54, 1.807) is 0 Å². The molecule has 0 aromatic rings. The zero-order valence-electron chi connectivity index (χ0n) is 16.5. The van der Waals surface area contributed by atoms with Crippen LogP contribution in [0.1, 0.15) is 47.5 Å². The highest BCUT2D eigenvalue weighted by molar-refractivity contribution is 14.0. The molecule has 2 N–H and O–H groups in total. The average Bonchev–Trinajstić information content (AvgIpc) is 2.56. The molecule has 0 radical (unpaired) electrons. The zero-order valence-corrected chi connectivity index (χ0v) is 18.8. The second-order valence-electron chi connectivity index (χ2n) is 7.00. The third kappa shape index (κ3) is 10.0. The lowest BCUT2D eigenvalue weighted by molar-refractivity contribution is 0.109. The number of rotatable bonds is 9. The van der Waals surface area contributed by atoms with E-state index < -0.39 is 0 Å². The molecule has 0 aliphatic carbocycles. The van der Waals surface area contributed by atoms with Crippen LogP contribution >= 0.6 is 24.0 Å². The SMILES string of the molecule is CCNC(=NCC(C)N1CCN(CC)CC1)NCCCC(C)C.I. The monoisotopic (exact) mass is 453 g/mol. The number of nitrogens with one attached hydrogen (secondary N) is 2. The Labute approximate surface area is 167 Å². The number of likely N-dealkylation sites (N-methyl/N-ethyl adjacent to an activating group) is 1. The van der Waals surface area contributed by atoms with Gasteiger partial charge in [-0.15, -0.1) is 24.0 Å². The largest absolute Gasteiger partial charge is 0.357 e. The Balaban J connectivity index is 0.00000529. The summed E-state index contributed by atoms with van der Waals surface area (Å²) in [5, 5.41) is 6.82. The second-order valence-corrected chi connectivity index (χ2v) is 7.00. The number of guanidine groups is 1. The van der Waals surface area contributed by atoms with Gasteiger partial charge in [0.2, 0.25) is 0 Å². The summed E-state index contributed by atoms with van der Waals surface area (Å²) < 4.78 is 0. The molecule has 24 heavy (non-hydrogen) atoms. The molecule has 0 amide bonds. The molecule has 1 aliphatic heterocycles. The van der Waals surface area contributed by atoms with Gasteiger partial charge in [0, 0.05) is 45.3 Å². The molecular weight excluding hydrogens is 413 g/mol. The van der Waals surface area contributed by atoms with Gasteiger partial charge >= 0.3 is 0 Å². The summed E-state index contributed by atoms with van der Waals surface area (Å²) in [7, 11) is 0. The summed E-state index contributed by atoms with van der Waals surface area (Å²) in [4.78, 5) is 9.87. The van der Waals surface area contributed by atoms with Crippen molar-refractivity contribution in [2.24, 2.45) is 10.9 Å². The molecule has 144 valence electrons. The summed E-state index contributed by atoms with van der Waals surface area (Å²) >= 11 is 0. The fourth-order valence-corrected chi connectivity index (χ4v) is 2.92. The van der Waals surface area contributed by atoms with Crippen LogP contribution in [0.3, 0.4) is 0 Å². The molecule has 0 aromatic heterocycles. The standard InChI is InChI=1S/C18H39N5.HI/c1-6-19-18(20-10-8-9-16(3)4)21-15-17(5)23-13-11-22(7-2)12-14-23;/h16-17H,6-15H2,1-5H3,(H2,19,20,21);1H. The van der Waals surface area contributed by atoms with Crippen LogP contribution in [0.5, 0.6) is 0 Å². The molecule has 1 atom stereocenters. The van der Waals surface area contributed by atoms with Gasteiger partial charge in [0.1, 0.15) is 0 Å². The van der Waals surface area contributed by atoms with Crippen LogP contribution in [-0.4, -0.2) is 74.2 Å². The summed E-state index contributed by atoms with van der Waals surface area (Å²) in [6.07, 6.45) is 2.47. The molecule has 0 saturated carbocycles. The highest BCUT2D eigenvalue weighted by Crippen LogP contribution is 2.06. The van der Waals surface area contributed by atoms with E-state index in [0.717, 1.165) is 31.5 Å². The topological polar surface area (TPSA) is 42.9 Å². The third-order valence-electron chi connectivity index (χ3n) is 4.59. The van der Waals surface area contributed by atoms with Crippen LogP contribution in [0.4, 0.5) is 0 Å². The molecule has 1 aliphatic rings. The van der Waals surface area contributed by atoms with Crippen molar-refractivity contribution in [3.63, 3.8) is 0 Å². The lowest BCUT2D eigenvalue weighted by atomic mass is 10.1. The smallest absolute Gasteiger partial charge is 0.191 e. The van der Waals surface area contributed by atoms with Gasteiger partial charge in [-0.2, -0.15) is 0 Å². The van der Waals surface area contributed by atoms with Crippen LogP contribution in [-0.2, 0) is 0 Å². The second kappa shape index (κ2) is 14.1. The minimum atomic E-state index is 0. The van der Waals surface area contributed by atoms with Crippen molar-refractivity contribution in [2.45, 2.75) is 53.5 Å². The van der Waals surface area contributed by atoms with Gasteiger partial charge in [0.25, 0.3) is 0 Å². The molecule has 5 nitrogen and oxygen atoms in total. The van der Waals surface area contributed by atoms with E-state index in [1.807, 2.05) is 0 Å². The molecule has 1 saturated heterocycles. The lowest BCUT2D eigenvalue weighted by Gasteiger charge is -2.37. The fourth-order valence-electron chi connectivity index (χ4n) is 2.92. The Bertz CT molecular complexity index is 327. The van der Waals surface area contributed by atoms with Gasteiger partial charge < -0.3 is 15.5 Å². The maximum absolute atomic E-state index is 4.78. The number of hydrogen-bond donors (Lipinski definition) is 2. The van der Waals surface area contributed by atoms with Gasteiger partial charge in [-0.3, -0.25) is 9.89 Å². The van der Waals surface area contributed by atoms with Crippen LogP contribution < -0.4 is 10.6 Å². The number of nitrogens with zero attached hydrogens (tertiary/aromatic N) is 3. The van der Waals surface area contributed by atoms with Gasteiger partial charge in [-0.05, 0) is 39.2 Å². The predicted octanol–water partition coefficient (Wildman–Crippen LogP) is 2.62. The minimum absolute atomic E-state index is 0. The maximum Gasteiger partial charge on any atom is 0.191 e. The van der Waals surface area contributed by atoms with Crippen molar-refractivity contribution < 1.29 is 0 Å². The van der Waals surface area contributed by atoms with Crippen molar-refractivity contribution in [3.8, 4) is 0 Å². The third-order valence-corrected chi connectivity index (χ3v) is 4.59. The number of hydrogen-bond acceptors (Lipinski definition) is 3. The van der Waals surface area contributed by atoms with E-state index in [1.165, 1.54) is 45.6 Å². The van der Waals surface area contributed by atoms with Gasteiger partial charge in [0.05, 0.1) is 6.54 Å². The minimum Gasteiger partial charge on any atom is -0.357 e. The molecule has 6 heteroatoms. The maximum atomic E-state index is 4.78. The molecule has 0 bridgehead atoms. The van der Waals surface area contributed by atoms with E-state index in [0.29, 0.717) is 6.04 Å². The number of halogens is 1. The Morgan fingerprint density at radius 3 is 2.25 bits per heavy atom. The first-order valence-electron chi connectivity index (χ1n) is 9.55. The molecule has 0 aromatic carbocycles. The average molecular weight is 453 g/mol.